The zero-order chi connectivity index (χ0) is 21.3. The van der Waals surface area contributed by atoms with E-state index in [9.17, 15) is 9.65 Å². The molecule has 4 rings (SSSR count). The predicted octanol–water partition coefficient (Wildman–Crippen LogP) is 4.02. The van der Waals surface area contributed by atoms with Crippen molar-refractivity contribution in [1.82, 2.24) is 19.4 Å². The summed E-state index contributed by atoms with van der Waals surface area (Å²) in [6.45, 7) is 3.91. The van der Waals surface area contributed by atoms with Crippen LogP contribution in [-0.4, -0.2) is 51.8 Å². The standard InChI is InChI=1S/C23H26FN5O/c1-16-12-17(18-13-20-22(19(14-25)27-18)26-15-29(20)3)4-5-21(16)30-11-8-23(24)6-9-28(2)10-7-23/h4-5,12-13,15H,6-11H2,1-3H3. The molecule has 0 unspecified atom stereocenters. The molecule has 0 saturated carbocycles. The monoisotopic (exact) mass is 407 g/mol. The fourth-order valence-corrected chi connectivity index (χ4v) is 3.94. The Kier molecular flexibility index (Phi) is 5.44. The van der Waals surface area contributed by atoms with Crippen molar-refractivity contribution in [3.63, 3.8) is 0 Å². The largest absolute Gasteiger partial charge is 0.493 e. The Morgan fingerprint density at radius 2 is 2.00 bits per heavy atom. The number of halogens is 1. The zero-order valence-electron chi connectivity index (χ0n) is 17.7. The van der Waals surface area contributed by atoms with Crippen LogP contribution in [0.15, 0.2) is 30.6 Å². The number of aromatic nitrogens is 3. The number of rotatable bonds is 5. The van der Waals surface area contributed by atoms with E-state index in [0.717, 1.165) is 35.5 Å². The van der Waals surface area contributed by atoms with Crippen LogP contribution in [0.3, 0.4) is 0 Å². The Morgan fingerprint density at radius 3 is 2.70 bits per heavy atom. The van der Waals surface area contributed by atoms with Crippen molar-refractivity contribution in [3.05, 3.63) is 41.9 Å². The summed E-state index contributed by atoms with van der Waals surface area (Å²) in [7, 11) is 3.92. The third-order valence-electron chi connectivity index (χ3n) is 5.98. The lowest BCUT2D eigenvalue weighted by Crippen LogP contribution is -2.40. The van der Waals surface area contributed by atoms with Crippen LogP contribution in [-0.2, 0) is 7.05 Å². The fraction of sp³-hybridized carbons (Fsp3) is 0.435. The minimum Gasteiger partial charge on any atom is -0.493 e. The SMILES string of the molecule is Cc1cc(-c2cc3c(ncn3C)c(C#N)n2)ccc1OCCC1(F)CCN(C)CC1. The van der Waals surface area contributed by atoms with Gasteiger partial charge in [-0.2, -0.15) is 5.26 Å². The quantitative estimate of drug-likeness (QED) is 0.639. The first-order valence-electron chi connectivity index (χ1n) is 10.2. The lowest BCUT2D eigenvalue weighted by molar-refractivity contribution is 0.0481. The van der Waals surface area contributed by atoms with Gasteiger partial charge < -0.3 is 14.2 Å². The third kappa shape index (κ3) is 4.01. The highest BCUT2D eigenvalue weighted by Crippen LogP contribution is 2.31. The second-order valence-corrected chi connectivity index (χ2v) is 8.22. The lowest BCUT2D eigenvalue weighted by Gasteiger charge is -2.34. The average Bonchev–Trinajstić information content (AvgIpc) is 3.12. The molecule has 1 aliphatic heterocycles. The topological polar surface area (TPSA) is 67.0 Å². The van der Waals surface area contributed by atoms with E-state index in [4.69, 9.17) is 4.74 Å². The molecule has 1 saturated heterocycles. The van der Waals surface area contributed by atoms with E-state index in [-0.39, 0.29) is 0 Å². The molecule has 1 fully saturated rings. The van der Waals surface area contributed by atoms with E-state index in [1.807, 2.05) is 49.9 Å². The van der Waals surface area contributed by atoms with Gasteiger partial charge in [0.15, 0.2) is 5.69 Å². The maximum atomic E-state index is 14.9. The minimum atomic E-state index is -1.13. The van der Waals surface area contributed by atoms with Gasteiger partial charge in [-0.25, -0.2) is 14.4 Å². The minimum absolute atomic E-state index is 0.312. The van der Waals surface area contributed by atoms with Crippen molar-refractivity contribution in [2.24, 2.45) is 7.05 Å². The van der Waals surface area contributed by atoms with E-state index in [2.05, 4.69) is 20.9 Å². The van der Waals surface area contributed by atoms with Crippen molar-refractivity contribution in [1.29, 1.82) is 5.26 Å². The highest BCUT2D eigenvalue weighted by atomic mass is 19.1. The molecule has 30 heavy (non-hydrogen) atoms. The van der Waals surface area contributed by atoms with Crippen molar-refractivity contribution < 1.29 is 9.13 Å². The van der Waals surface area contributed by atoms with Crippen molar-refractivity contribution >= 4 is 11.0 Å². The summed E-state index contributed by atoms with van der Waals surface area (Å²) in [6.07, 6.45) is 3.22. The van der Waals surface area contributed by atoms with Crippen LogP contribution in [0.2, 0.25) is 0 Å². The molecule has 0 radical (unpaired) electrons. The Labute approximate surface area is 175 Å². The maximum Gasteiger partial charge on any atom is 0.169 e. The van der Waals surface area contributed by atoms with E-state index in [1.165, 1.54) is 0 Å². The number of hydrogen-bond acceptors (Lipinski definition) is 5. The Bertz CT molecular complexity index is 1110. The number of ether oxygens (including phenoxy) is 1. The molecule has 1 aliphatic rings. The van der Waals surface area contributed by atoms with Crippen LogP contribution in [0.4, 0.5) is 4.39 Å². The number of aryl methyl sites for hydroxylation is 2. The second kappa shape index (κ2) is 8.04. The third-order valence-corrected chi connectivity index (χ3v) is 5.98. The zero-order valence-corrected chi connectivity index (χ0v) is 17.7. The number of fused-ring (bicyclic) bond motifs is 1. The van der Waals surface area contributed by atoms with Gasteiger partial charge in [0.1, 0.15) is 23.0 Å². The molecule has 0 bridgehead atoms. The molecule has 6 nitrogen and oxygen atoms in total. The lowest BCUT2D eigenvalue weighted by atomic mass is 9.91. The molecule has 3 heterocycles. The molecule has 156 valence electrons. The van der Waals surface area contributed by atoms with Crippen LogP contribution in [0.25, 0.3) is 22.3 Å². The first-order chi connectivity index (χ1) is 14.4. The van der Waals surface area contributed by atoms with Gasteiger partial charge in [-0.05, 0) is 56.6 Å². The molecule has 0 aliphatic carbocycles. The number of pyridine rings is 1. The summed E-state index contributed by atoms with van der Waals surface area (Å²) in [6, 6.07) is 9.88. The number of hydrogen-bond donors (Lipinski definition) is 0. The van der Waals surface area contributed by atoms with Gasteiger partial charge in [0.05, 0.1) is 24.1 Å². The molecule has 0 atom stereocenters. The van der Waals surface area contributed by atoms with Crippen molar-refractivity contribution in [3.8, 4) is 23.1 Å². The van der Waals surface area contributed by atoms with Gasteiger partial charge in [-0.3, -0.25) is 0 Å². The van der Waals surface area contributed by atoms with E-state index < -0.39 is 5.67 Å². The van der Waals surface area contributed by atoms with Gasteiger partial charge in [-0.15, -0.1) is 0 Å². The van der Waals surface area contributed by atoms with Crippen LogP contribution >= 0.6 is 0 Å². The Balaban J connectivity index is 1.49. The second-order valence-electron chi connectivity index (χ2n) is 8.22. The Hall–Kier alpha value is -2.98. The van der Waals surface area contributed by atoms with Crippen LogP contribution in [0.1, 0.15) is 30.5 Å². The van der Waals surface area contributed by atoms with Crippen LogP contribution in [0, 0.1) is 18.3 Å². The first kappa shape index (κ1) is 20.3. The summed E-state index contributed by atoms with van der Waals surface area (Å²) < 4.78 is 22.7. The normalized spacial score (nSPS) is 16.5. The molecule has 1 aromatic carbocycles. The first-order valence-corrected chi connectivity index (χ1v) is 10.2. The molecule has 7 heteroatoms. The molecule has 0 spiro atoms. The summed E-state index contributed by atoms with van der Waals surface area (Å²) in [5.74, 6) is 0.748. The number of likely N-dealkylation sites (tertiary alicyclic amines) is 1. The summed E-state index contributed by atoms with van der Waals surface area (Å²) >= 11 is 0. The molecule has 3 aromatic rings. The number of nitrogens with zero attached hydrogens (tertiary/aromatic N) is 5. The van der Waals surface area contributed by atoms with Gasteiger partial charge >= 0.3 is 0 Å². The highest BCUT2D eigenvalue weighted by molar-refractivity contribution is 5.84. The summed E-state index contributed by atoms with van der Waals surface area (Å²) in [5.41, 5.74) is 3.22. The predicted molar refractivity (Wildman–Crippen MR) is 114 cm³/mol. The van der Waals surface area contributed by atoms with Crippen molar-refractivity contribution in [2.45, 2.75) is 31.9 Å². The van der Waals surface area contributed by atoms with Crippen molar-refractivity contribution in [2.75, 3.05) is 26.7 Å². The molecule has 2 aromatic heterocycles. The van der Waals surface area contributed by atoms with Gasteiger partial charge in [0.25, 0.3) is 0 Å². The summed E-state index contributed by atoms with van der Waals surface area (Å²) in [5, 5.41) is 9.44. The van der Waals surface area contributed by atoms with E-state index >= 15 is 0 Å². The number of imidazole rings is 1. The average molecular weight is 407 g/mol. The van der Waals surface area contributed by atoms with E-state index in [0.29, 0.717) is 42.8 Å². The fourth-order valence-electron chi connectivity index (χ4n) is 3.94. The molecular formula is C23H26FN5O. The van der Waals surface area contributed by atoms with Gasteiger partial charge in [-0.1, -0.05) is 0 Å². The number of piperidine rings is 1. The van der Waals surface area contributed by atoms with Gasteiger partial charge in [0.2, 0.25) is 0 Å². The van der Waals surface area contributed by atoms with E-state index in [1.54, 1.807) is 6.33 Å². The summed E-state index contributed by atoms with van der Waals surface area (Å²) in [4.78, 5) is 10.9. The highest BCUT2D eigenvalue weighted by Gasteiger charge is 2.33. The van der Waals surface area contributed by atoms with Gasteiger partial charge in [0, 0.05) is 32.1 Å². The smallest absolute Gasteiger partial charge is 0.169 e. The van der Waals surface area contributed by atoms with Crippen LogP contribution < -0.4 is 4.74 Å². The molecule has 0 amide bonds. The number of nitriles is 1. The number of benzene rings is 1. The molecule has 0 N–H and O–H groups in total. The number of alkyl halides is 1. The van der Waals surface area contributed by atoms with Crippen LogP contribution in [0.5, 0.6) is 5.75 Å². The molecular weight excluding hydrogens is 381 g/mol. The maximum absolute atomic E-state index is 14.9. The Morgan fingerprint density at radius 1 is 1.23 bits per heavy atom.